The lowest BCUT2D eigenvalue weighted by molar-refractivity contribution is 0.772. The number of rotatable bonds is 3. The Morgan fingerprint density at radius 3 is 2.94 bits per heavy atom. The summed E-state index contributed by atoms with van der Waals surface area (Å²) in [4.78, 5) is 4.58. The summed E-state index contributed by atoms with van der Waals surface area (Å²) in [5, 5.41) is 5.30. The molecule has 0 radical (unpaired) electrons. The highest BCUT2D eigenvalue weighted by molar-refractivity contribution is 9.10. The van der Waals surface area contributed by atoms with Crippen molar-refractivity contribution >= 4 is 32.9 Å². The maximum absolute atomic E-state index is 4.58. The lowest BCUT2D eigenvalue weighted by Gasteiger charge is -2.08. The Bertz CT molecular complexity index is 443. The molecule has 1 aromatic rings. The molecule has 1 heterocycles. The molecule has 1 unspecified atom stereocenters. The molecule has 3 rings (SSSR count). The average Bonchev–Trinajstić information content (AvgIpc) is 3.08. The number of thioether (sulfide) groups is 1. The van der Waals surface area contributed by atoms with Gasteiger partial charge in [0.25, 0.3) is 0 Å². The predicted octanol–water partition coefficient (Wildman–Crippen LogP) is 3.42. The molecule has 0 spiro atoms. The van der Waals surface area contributed by atoms with Gasteiger partial charge in [0.15, 0.2) is 5.17 Å². The molecule has 2 aliphatic rings. The normalized spacial score (nSPS) is 23.6. The van der Waals surface area contributed by atoms with Crippen LogP contribution in [-0.4, -0.2) is 17.0 Å². The molecule has 1 aromatic carbocycles. The lowest BCUT2D eigenvalue weighted by atomic mass is 10.2. The van der Waals surface area contributed by atoms with Gasteiger partial charge in [0, 0.05) is 16.3 Å². The first-order chi connectivity index (χ1) is 8.33. The van der Waals surface area contributed by atoms with Gasteiger partial charge in [0.05, 0.1) is 6.54 Å². The molecular weight excluding hydrogens is 296 g/mol. The number of halogens is 1. The Morgan fingerprint density at radius 2 is 2.18 bits per heavy atom. The van der Waals surface area contributed by atoms with Crippen molar-refractivity contribution in [1.82, 2.24) is 5.32 Å². The van der Waals surface area contributed by atoms with Crippen molar-refractivity contribution in [3.8, 4) is 0 Å². The average molecular weight is 311 g/mol. The summed E-state index contributed by atoms with van der Waals surface area (Å²) in [6.07, 6.45) is 2.81. The van der Waals surface area contributed by atoms with Crippen LogP contribution in [0.2, 0.25) is 0 Å². The van der Waals surface area contributed by atoms with E-state index in [1.807, 2.05) is 17.8 Å². The van der Waals surface area contributed by atoms with Crippen molar-refractivity contribution < 1.29 is 0 Å². The molecular formula is C13H15BrN2S. The predicted molar refractivity (Wildman–Crippen MR) is 77.4 cm³/mol. The Morgan fingerprint density at radius 1 is 1.35 bits per heavy atom. The Hall–Kier alpha value is -0.480. The second-order valence-corrected chi connectivity index (χ2v) is 6.67. The van der Waals surface area contributed by atoms with Crippen molar-refractivity contribution in [2.24, 2.45) is 10.9 Å². The minimum absolute atomic E-state index is 0.747. The van der Waals surface area contributed by atoms with Crippen LogP contribution >= 0.6 is 27.7 Å². The number of benzene rings is 1. The highest BCUT2D eigenvalue weighted by Crippen LogP contribution is 2.41. The number of hydrogen-bond donors (Lipinski definition) is 1. The Labute approximate surface area is 114 Å². The quantitative estimate of drug-likeness (QED) is 0.925. The number of nitrogens with one attached hydrogen (secondary N) is 1. The standard InChI is InChI=1S/C13H15BrN2S/c14-11-4-2-1-3-10(11)7-15-13-16-8-12(17-13)9-5-6-9/h1-4,9,12H,5-8H2,(H,15,16). The molecule has 0 amide bonds. The van der Waals surface area contributed by atoms with Crippen LogP contribution < -0.4 is 5.32 Å². The van der Waals surface area contributed by atoms with Crippen LogP contribution in [-0.2, 0) is 6.54 Å². The number of aliphatic imine (C=N–C) groups is 1. The van der Waals surface area contributed by atoms with Gasteiger partial charge in [0.2, 0.25) is 0 Å². The molecule has 4 heteroatoms. The zero-order valence-electron chi connectivity index (χ0n) is 9.53. The SMILES string of the molecule is Brc1ccccc1CNC1=NCC(C2CC2)S1. The van der Waals surface area contributed by atoms with Crippen molar-refractivity contribution in [1.29, 1.82) is 0 Å². The highest BCUT2D eigenvalue weighted by Gasteiger charge is 2.35. The van der Waals surface area contributed by atoms with E-state index in [4.69, 9.17) is 0 Å². The van der Waals surface area contributed by atoms with Crippen molar-refractivity contribution in [3.63, 3.8) is 0 Å². The molecule has 17 heavy (non-hydrogen) atoms. The van der Waals surface area contributed by atoms with E-state index in [2.05, 4.69) is 44.4 Å². The van der Waals surface area contributed by atoms with Crippen LogP contribution in [0.4, 0.5) is 0 Å². The first kappa shape index (κ1) is 11.6. The van der Waals surface area contributed by atoms with Gasteiger partial charge in [-0.25, -0.2) is 0 Å². The first-order valence-corrected chi connectivity index (χ1v) is 7.68. The van der Waals surface area contributed by atoms with Crippen molar-refractivity contribution in [2.75, 3.05) is 6.54 Å². The second kappa shape index (κ2) is 5.02. The van der Waals surface area contributed by atoms with Gasteiger partial charge in [-0.3, -0.25) is 4.99 Å². The fourth-order valence-corrected chi connectivity index (χ4v) is 3.64. The molecule has 1 saturated carbocycles. The largest absolute Gasteiger partial charge is 0.361 e. The minimum atomic E-state index is 0.747. The van der Waals surface area contributed by atoms with Crippen molar-refractivity contribution in [2.45, 2.75) is 24.6 Å². The number of amidine groups is 1. The first-order valence-electron chi connectivity index (χ1n) is 6.01. The van der Waals surface area contributed by atoms with Gasteiger partial charge < -0.3 is 5.32 Å². The van der Waals surface area contributed by atoms with Gasteiger partial charge >= 0.3 is 0 Å². The summed E-state index contributed by atoms with van der Waals surface area (Å²) < 4.78 is 1.16. The van der Waals surface area contributed by atoms with E-state index in [1.165, 1.54) is 18.4 Å². The number of nitrogens with zero attached hydrogens (tertiary/aromatic N) is 1. The van der Waals surface area contributed by atoms with Gasteiger partial charge in [-0.05, 0) is 30.4 Å². The smallest absolute Gasteiger partial charge is 0.157 e. The molecule has 90 valence electrons. The molecule has 0 aromatic heterocycles. The Kier molecular flexibility index (Phi) is 3.43. The molecule has 1 aliphatic heterocycles. The second-order valence-electron chi connectivity index (χ2n) is 4.58. The van der Waals surface area contributed by atoms with Crippen LogP contribution in [0.3, 0.4) is 0 Å². The number of hydrogen-bond acceptors (Lipinski definition) is 3. The van der Waals surface area contributed by atoms with Gasteiger partial charge in [-0.2, -0.15) is 0 Å². The third-order valence-electron chi connectivity index (χ3n) is 3.21. The summed E-state index contributed by atoms with van der Waals surface area (Å²) in [7, 11) is 0. The molecule has 1 aliphatic carbocycles. The van der Waals surface area contributed by atoms with E-state index in [1.54, 1.807) is 0 Å². The third kappa shape index (κ3) is 2.86. The monoisotopic (exact) mass is 310 g/mol. The molecule has 1 fully saturated rings. The summed E-state index contributed by atoms with van der Waals surface area (Å²) in [6.45, 7) is 1.86. The topological polar surface area (TPSA) is 24.4 Å². The molecule has 0 bridgehead atoms. The maximum Gasteiger partial charge on any atom is 0.157 e. The zero-order chi connectivity index (χ0) is 11.7. The van der Waals surface area contributed by atoms with E-state index in [9.17, 15) is 0 Å². The van der Waals surface area contributed by atoms with Crippen LogP contribution in [0.25, 0.3) is 0 Å². The highest BCUT2D eigenvalue weighted by atomic mass is 79.9. The Balaban J connectivity index is 1.53. The molecule has 2 nitrogen and oxygen atoms in total. The summed E-state index contributed by atoms with van der Waals surface area (Å²) >= 11 is 5.49. The van der Waals surface area contributed by atoms with Gasteiger partial charge in [-0.15, -0.1) is 0 Å². The molecule has 1 N–H and O–H groups in total. The van der Waals surface area contributed by atoms with Crippen LogP contribution in [0, 0.1) is 5.92 Å². The lowest BCUT2D eigenvalue weighted by Crippen LogP contribution is -2.19. The molecule has 1 atom stereocenters. The zero-order valence-corrected chi connectivity index (χ0v) is 11.9. The van der Waals surface area contributed by atoms with E-state index < -0.39 is 0 Å². The third-order valence-corrected chi connectivity index (χ3v) is 5.32. The summed E-state index contributed by atoms with van der Waals surface area (Å²) in [6, 6.07) is 8.32. The van der Waals surface area contributed by atoms with Gasteiger partial charge in [-0.1, -0.05) is 45.9 Å². The van der Waals surface area contributed by atoms with Crippen LogP contribution in [0.5, 0.6) is 0 Å². The van der Waals surface area contributed by atoms with Crippen molar-refractivity contribution in [3.05, 3.63) is 34.3 Å². The van der Waals surface area contributed by atoms with Gasteiger partial charge in [0.1, 0.15) is 0 Å². The summed E-state index contributed by atoms with van der Waals surface area (Å²) in [5.41, 5.74) is 1.28. The summed E-state index contributed by atoms with van der Waals surface area (Å²) in [5.74, 6) is 0.937. The van der Waals surface area contributed by atoms with Crippen LogP contribution in [0.1, 0.15) is 18.4 Å². The van der Waals surface area contributed by atoms with E-state index in [0.29, 0.717) is 0 Å². The fraction of sp³-hybridized carbons (Fsp3) is 0.462. The van der Waals surface area contributed by atoms with E-state index in [0.717, 1.165) is 33.9 Å². The van der Waals surface area contributed by atoms with Crippen LogP contribution in [0.15, 0.2) is 33.7 Å². The maximum atomic E-state index is 4.58. The van der Waals surface area contributed by atoms with E-state index >= 15 is 0 Å². The fourth-order valence-electron chi connectivity index (χ4n) is 2.01. The molecule has 0 saturated heterocycles. The van der Waals surface area contributed by atoms with E-state index in [-0.39, 0.29) is 0 Å². The minimum Gasteiger partial charge on any atom is -0.361 e.